The van der Waals surface area contributed by atoms with E-state index in [1.165, 1.54) is 11.1 Å². The van der Waals surface area contributed by atoms with Crippen LogP contribution in [0.15, 0.2) is 34.8 Å². The lowest BCUT2D eigenvalue weighted by Gasteiger charge is -2.45. The van der Waals surface area contributed by atoms with Crippen LogP contribution in [0.3, 0.4) is 0 Å². The average molecular weight is 793 g/mol. The lowest BCUT2D eigenvalue weighted by Crippen LogP contribution is -2.55. The molecule has 53 heavy (non-hydrogen) atoms. The van der Waals surface area contributed by atoms with Crippen molar-refractivity contribution in [2.45, 2.75) is 100 Å². The number of ether oxygens (including phenoxy) is 3. The Hall–Kier alpha value is -3.31. The smallest absolute Gasteiger partial charge is 0.321 e. The predicted molar refractivity (Wildman–Crippen MR) is 202 cm³/mol. The zero-order valence-corrected chi connectivity index (χ0v) is 32.4. The second-order valence-corrected chi connectivity index (χ2v) is 16.7. The van der Waals surface area contributed by atoms with E-state index in [2.05, 4.69) is 54.9 Å². The van der Waals surface area contributed by atoms with Crippen LogP contribution in [-0.4, -0.2) is 121 Å². The number of aromatic nitrogens is 2. The van der Waals surface area contributed by atoms with Gasteiger partial charge < -0.3 is 24.0 Å². The summed E-state index contributed by atoms with van der Waals surface area (Å²) >= 11 is 3.84. The molecule has 6 aliphatic rings. The molecule has 1 spiro atoms. The highest BCUT2D eigenvalue weighted by atomic mass is 79.9. The third kappa shape index (κ3) is 7.29. The summed E-state index contributed by atoms with van der Waals surface area (Å²) in [5.41, 5.74) is 2.57. The molecule has 1 amide bonds. The van der Waals surface area contributed by atoms with Crippen LogP contribution in [0.4, 0.5) is 10.2 Å². The van der Waals surface area contributed by atoms with E-state index in [-0.39, 0.29) is 29.9 Å². The van der Waals surface area contributed by atoms with E-state index in [1.54, 1.807) is 13.2 Å². The first kappa shape index (κ1) is 36.7. The van der Waals surface area contributed by atoms with Gasteiger partial charge in [0.05, 0.1) is 35.7 Å². The molecular formula is C40H51BrFN7O4. The molecule has 4 saturated heterocycles. The first-order valence-electron chi connectivity index (χ1n) is 19.5. The summed E-state index contributed by atoms with van der Waals surface area (Å²) in [6.45, 7) is 5.74. The number of amides is 1. The molecule has 4 atom stereocenters. The van der Waals surface area contributed by atoms with Crippen molar-refractivity contribution in [3.63, 3.8) is 0 Å². The van der Waals surface area contributed by atoms with E-state index in [4.69, 9.17) is 24.2 Å². The number of hydrogen-bond donors (Lipinski definition) is 0. The monoisotopic (exact) mass is 791 g/mol. The Kier molecular flexibility index (Phi) is 10.7. The number of methoxy groups -OCH3 is 1. The SMILES string of the molecule is COC1CCN(C/C=C/C(=O)N2CCN(c3nc(OC[C@@]45CCCN4C[C@H](F)C5)nc4c3CCC3(CCCc5cccc(Br)c53)O4)C[C@@H]2CC#N)CC1. The summed E-state index contributed by atoms with van der Waals surface area (Å²) in [7, 11) is 1.77. The number of carbonyl (C=O) groups excluding carboxylic acids is 1. The lowest BCUT2D eigenvalue weighted by atomic mass is 9.75. The van der Waals surface area contributed by atoms with Crippen LogP contribution < -0.4 is 14.4 Å². The number of nitriles is 1. The molecule has 0 saturated carbocycles. The highest BCUT2D eigenvalue weighted by Crippen LogP contribution is 2.50. The zero-order chi connectivity index (χ0) is 36.6. The Labute approximate surface area is 320 Å². The van der Waals surface area contributed by atoms with Crippen LogP contribution in [0.1, 0.15) is 74.5 Å². The van der Waals surface area contributed by atoms with Crippen molar-refractivity contribution >= 4 is 27.7 Å². The van der Waals surface area contributed by atoms with Gasteiger partial charge in [-0.2, -0.15) is 15.2 Å². The minimum atomic E-state index is -0.855. The van der Waals surface area contributed by atoms with Gasteiger partial charge in [-0.1, -0.05) is 34.1 Å². The molecule has 4 fully saturated rings. The van der Waals surface area contributed by atoms with Gasteiger partial charge in [0.1, 0.15) is 24.2 Å². The second kappa shape index (κ2) is 15.4. The van der Waals surface area contributed by atoms with Crippen LogP contribution in [0, 0.1) is 11.3 Å². The van der Waals surface area contributed by atoms with Crippen LogP contribution in [-0.2, 0) is 28.0 Å². The maximum absolute atomic E-state index is 14.7. The van der Waals surface area contributed by atoms with Crippen LogP contribution in [0.5, 0.6) is 11.9 Å². The van der Waals surface area contributed by atoms with E-state index in [1.807, 2.05) is 11.0 Å². The van der Waals surface area contributed by atoms with Crippen molar-refractivity contribution in [1.29, 1.82) is 5.26 Å². The number of piperazine rings is 1. The van der Waals surface area contributed by atoms with Crippen LogP contribution >= 0.6 is 15.9 Å². The molecule has 0 radical (unpaired) electrons. The molecule has 0 N–H and O–H groups in total. The van der Waals surface area contributed by atoms with Gasteiger partial charge in [-0.25, -0.2) is 4.39 Å². The van der Waals surface area contributed by atoms with Gasteiger partial charge in [0.2, 0.25) is 11.8 Å². The standard InChI is InChI=1S/C40H51BrFN7O4/c1-51-31-12-20-46(21-13-31)18-4-9-34(50)49-23-22-47(26-30(49)11-17-43)36-32-10-16-40(15-3-7-28-6-2-8-33(41)35(28)40)53-37(32)45-38(44-36)52-27-39-14-5-19-48(39)25-29(42)24-39/h2,4,6,8-9,29-31H,3,5,7,10-16,18-27H2,1H3/b9-4+/t29-,30+,39+,40?/m1/s1. The predicted octanol–water partition coefficient (Wildman–Crippen LogP) is 5.35. The molecule has 1 aromatic heterocycles. The zero-order valence-electron chi connectivity index (χ0n) is 30.8. The molecule has 0 bridgehead atoms. The number of nitrogens with zero attached hydrogens (tertiary/aromatic N) is 7. The number of fused-ring (bicyclic) bond motifs is 4. The molecule has 11 nitrogen and oxygen atoms in total. The number of piperidine rings is 1. The fraction of sp³-hybridized carbons (Fsp3) is 0.650. The number of hydrogen-bond acceptors (Lipinski definition) is 10. The molecule has 1 aromatic carbocycles. The molecule has 1 unspecified atom stereocenters. The number of aryl methyl sites for hydroxylation is 1. The molecule has 2 aromatic rings. The Balaban J connectivity index is 1.05. The fourth-order valence-corrected chi connectivity index (χ4v) is 10.7. The van der Waals surface area contributed by atoms with Gasteiger partial charge in [0.25, 0.3) is 0 Å². The minimum absolute atomic E-state index is 0.0691. The summed E-state index contributed by atoms with van der Waals surface area (Å²) in [5.74, 6) is 1.20. The van der Waals surface area contributed by atoms with Gasteiger partial charge in [0, 0.05) is 75.5 Å². The molecule has 5 aliphatic heterocycles. The molecule has 284 valence electrons. The Morgan fingerprint density at radius 2 is 1.98 bits per heavy atom. The fourth-order valence-electron chi connectivity index (χ4n) is 9.95. The van der Waals surface area contributed by atoms with Crippen molar-refractivity contribution in [2.75, 3.05) is 71.0 Å². The van der Waals surface area contributed by atoms with Crippen LogP contribution in [0.25, 0.3) is 0 Å². The van der Waals surface area contributed by atoms with Crippen molar-refractivity contribution in [3.05, 3.63) is 51.5 Å². The van der Waals surface area contributed by atoms with Gasteiger partial charge in [0.15, 0.2) is 0 Å². The quantitative estimate of drug-likeness (QED) is 0.309. The van der Waals surface area contributed by atoms with Gasteiger partial charge in [-0.3, -0.25) is 14.6 Å². The molecule has 8 rings (SSSR count). The minimum Gasteiger partial charge on any atom is -0.466 e. The number of carbonyl (C=O) groups is 1. The van der Waals surface area contributed by atoms with Gasteiger partial charge >= 0.3 is 6.01 Å². The summed E-state index contributed by atoms with van der Waals surface area (Å²) in [5, 5.41) is 9.87. The number of anilines is 1. The van der Waals surface area contributed by atoms with Crippen LogP contribution in [0.2, 0.25) is 0 Å². The summed E-state index contributed by atoms with van der Waals surface area (Å²) in [6.07, 6.45) is 12.1. The second-order valence-electron chi connectivity index (χ2n) is 15.8. The molecule has 1 aliphatic carbocycles. The average Bonchev–Trinajstić information content (AvgIpc) is 3.69. The third-order valence-electron chi connectivity index (χ3n) is 12.7. The Morgan fingerprint density at radius 1 is 1.11 bits per heavy atom. The van der Waals surface area contributed by atoms with E-state index < -0.39 is 11.8 Å². The first-order valence-corrected chi connectivity index (χ1v) is 20.3. The largest absolute Gasteiger partial charge is 0.466 e. The van der Waals surface area contributed by atoms with E-state index in [0.29, 0.717) is 57.7 Å². The summed E-state index contributed by atoms with van der Waals surface area (Å²) in [6, 6.07) is 8.63. The first-order chi connectivity index (χ1) is 25.8. The van der Waals surface area contributed by atoms with Crippen molar-refractivity contribution < 1.29 is 23.4 Å². The number of benzene rings is 1. The topological polar surface area (TPSA) is 107 Å². The maximum atomic E-state index is 14.7. The number of halogens is 2. The number of alkyl halides is 1. The normalized spacial score (nSPS) is 29.2. The molecular weight excluding hydrogens is 741 g/mol. The molecule has 13 heteroatoms. The highest BCUT2D eigenvalue weighted by molar-refractivity contribution is 9.10. The molecule has 6 heterocycles. The van der Waals surface area contributed by atoms with E-state index in [0.717, 1.165) is 93.3 Å². The Morgan fingerprint density at radius 3 is 2.81 bits per heavy atom. The lowest BCUT2D eigenvalue weighted by molar-refractivity contribution is -0.128. The number of likely N-dealkylation sites (tertiary alicyclic amines) is 1. The number of rotatable bonds is 9. The van der Waals surface area contributed by atoms with E-state index >= 15 is 0 Å². The summed E-state index contributed by atoms with van der Waals surface area (Å²) < 4.78 is 34.7. The van der Waals surface area contributed by atoms with Gasteiger partial charge in [-0.15, -0.1) is 0 Å². The van der Waals surface area contributed by atoms with Crippen molar-refractivity contribution in [2.24, 2.45) is 0 Å². The van der Waals surface area contributed by atoms with Crippen molar-refractivity contribution in [1.82, 2.24) is 24.7 Å². The highest BCUT2D eigenvalue weighted by Gasteiger charge is 2.50. The van der Waals surface area contributed by atoms with E-state index in [9.17, 15) is 14.4 Å². The summed E-state index contributed by atoms with van der Waals surface area (Å²) in [4.78, 5) is 32.1. The van der Waals surface area contributed by atoms with Gasteiger partial charge in [-0.05, 0) is 76.0 Å². The maximum Gasteiger partial charge on any atom is 0.321 e. The third-order valence-corrected chi connectivity index (χ3v) is 13.4. The van der Waals surface area contributed by atoms with Crippen molar-refractivity contribution in [3.8, 4) is 18.0 Å². The Bertz CT molecular complexity index is 1750.